The van der Waals surface area contributed by atoms with E-state index in [9.17, 15) is 9.50 Å². The van der Waals surface area contributed by atoms with Crippen molar-refractivity contribution >= 4 is 36.4 Å². The Labute approximate surface area is 141 Å². The van der Waals surface area contributed by atoms with Crippen LogP contribution in [0, 0.1) is 11.7 Å². The van der Waals surface area contributed by atoms with Gasteiger partial charge in [0.15, 0.2) is 0 Å². The third-order valence-corrected chi connectivity index (χ3v) is 4.28. The van der Waals surface area contributed by atoms with Crippen LogP contribution in [0.15, 0.2) is 12.1 Å². The summed E-state index contributed by atoms with van der Waals surface area (Å²) in [6.07, 6.45) is 2.28. The van der Waals surface area contributed by atoms with E-state index in [4.69, 9.17) is 11.6 Å². The number of phenols is 1. The molecule has 2 N–H and O–H groups in total. The Kier molecular flexibility index (Phi) is 7.01. The fourth-order valence-electron chi connectivity index (χ4n) is 2.93. The van der Waals surface area contributed by atoms with Gasteiger partial charge in [0, 0.05) is 37.8 Å². The second-order valence-electron chi connectivity index (χ2n) is 5.39. The standard InChI is InChI=1S/C14H18ClFN2O.2ClH/c15-12-8-10(16)7-11(14(12)19)13(9-1-2-9)18-5-3-17-4-6-18;;/h7-9,13,17,19H,1-6H2;2*1H/t13-;;/m0../s1. The van der Waals surface area contributed by atoms with Crippen LogP contribution in [0.3, 0.4) is 0 Å². The van der Waals surface area contributed by atoms with Crippen molar-refractivity contribution in [3.63, 3.8) is 0 Å². The lowest BCUT2D eigenvalue weighted by atomic mass is 9.98. The van der Waals surface area contributed by atoms with E-state index in [1.807, 2.05) is 0 Å². The average molecular weight is 358 g/mol. The molecule has 1 saturated carbocycles. The Bertz CT molecular complexity index is 480. The van der Waals surface area contributed by atoms with Crippen LogP contribution in [-0.2, 0) is 0 Å². The Morgan fingerprint density at radius 2 is 1.86 bits per heavy atom. The van der Waals surface area contributed by atoms with Gasteiger partial charge in [0.25, 0.3) is 0 Å². The first-order chi connectivity index (χ1) is 9.16. The minimum Gasteiger partial charge on any atom is -0.506 e. The van der Waals surface area contributed by atoms with Crippen LogP contribution in [0.5, 0.6) is 5.75 Å². The molecule has 21 heavy (non-hydrogen) atoms. The van der Waals surface area contributed by atoms with Gasteiger partial charge in [-0.1, -0.05) is 11.6 Å². The summed E-state index contributed by atoms with van der Waals surface area (Å²) in [6.45, 7) is 3.73. The molecule has 0 aromatic heterocycles. The van der Waals surface area contributed by atoms with Gasteiger partial charge in [0.2, 0.25) is 0 Å². The number of rotatable bonds is 3. The molecule has 7 heteroatoms. The van der Waals surface area contributed by atoms with E-state index in [2.05, 4.69) is 10.2 Å². The number of hydrogen-bond acceptors (Lipinski definition) is 3. The zero-order chi connectivity index (χ0) is 13.4. The summed E-state index contributed by atoms with van der Waals surface area (Å²) in [6, 6.07) is 2.70. The summed E-state index contributed by atoms with van der Waals surface area (Å²) < 4.78 is 13.6. The Morgan fingerprint density at radius 1 is 1.24 bits per heavy atom. The predicted molar refractivity (Wildman–Crippen MR) is 87.5 cm³/mol. The monoisotopic (exact) mass is 356 g/mol. The quantitative estimate of drug-likeness (QED) is 0.870. The largest absolute Gasteiger partial charge is 0.506 e. The van der Waals surface area contributed by atoms with Crippen LogP contribution in [0.2, 0.25) is 5.02 Å². The topological polar surface area (TPSA) is 35.5 Å². The lowest BCUT2D eigenvalue weighted by molar-refractivity contribution is 0.153. The second kappa shape index (κ2) is 7.84. The normalized spacial score (nSPS) is 20.3. The van der Waals surface area contributed by atoms with Gasteiger partial charge < -0.3 is 10.4 Å². The van der Waals surface area contributed by atoms with Crippen LogP contribution in [-0.4, -0.2) is 36.2 Å². The highest BCUT2D eigenvalue weighted by atomic mass is 35.5. The zero-order valence-corrected chi connectivity index (χ0v) is 13.9. The number of piperazine rings is 1. The molecule has 0 amide bonds. The predicted octanol–water partition coefficient (Wildman–Crippen LogP) is 3.38. The fraction of sp³-hybridized carbons (Fsp3) is 0.571. The highest BCUT2D eigenvalue weighted by Gasteiger charge is 2.38. The molecule has 1 aliphatic carbocycles. The molecule has 3 nitrogen and oxygen atoms in total. The molecular weight excluding hydrogens is 338 g/mol. The smallest absolute Gasteiger partial charge is 0.139 e. The molecule has 0 spiro atoms. The number of halogens is 4. The van der Waals surface area contributed by atoms with E-state index in [-0.39, 0.29) is 47.4 Å². The number of nitrogens with one attached hydrogen (secondary N) is 1. The lowest BCUT2D eigenvalue weighted by Gasteiger charge is -2.35. The van der Waals surface area contributed by atoms with Gasteiger partial charge >= 0.3 is 0 Å². The summed E-state index contributed by atoms with van der Waals surface area (Å²) in [5.41, 5.74) is 0.648. The molecule has 2 fully saturated rings. The molecule has 3 rings (SSSR count). The van der Waals surface area contributed by atoms with E-state index in [1.165, 1.54) is 12.1 Å². The summed E-state index contributed by atoms with van der Waals surface area (Å²) in [4.78, 5) is 2.33. The highest BCUT2D eigenvalue weighted by molar-refractivity contribution is 6.32. The molecule has 0 bridgehead atoms. The number of benzene rings is 1. The number of nitrogens with zero attached hydrogens (tertiary/aromatic N) is 1. The molecular formula is C14H20Cl3FN2O. The molecule has 1 aliphatic heterocycles. The third-order valence-electron chi connectivity index (χ3n) is 3.99. The molecule has 2 aliphatic rings. The van der Waals surface area contributed by atoms with Crippen molar-refractivity contribution in [2.75, 3.05) is 26.2 Å². The van der Waals surface area contributed by atoms with Crippen LogP contribution in [0.25, 0.3) is 0 Å². The van der Waals surface area contributed by atoms with E-state index >= 15 is 0 Å². The van der Waals surface area contributed by atoms with Crippen LogP contribution < -0.4 is 5.32 Å². The zero-order valence-electron chi connectivity index (χ0n) is 11.5. The Balaban J connectivity index is 0.00000110. The van der Waals surface area contributed by atoms with Gasteiger partial charge in [0.05, 0.1) is 5.02 Å². The fourth-order valence-corrected chi connectivity index (χ4v) is 3.15. The first-order valence-corrected chi connectivity index (χ1v) is 7.17. The van der Waals surface area contributed by atoms with E-state index in [1.54, 1.807) is 0 Å². The van der Waals surface area contributed by atoms with E-state index < -0.39 is 0 Å². The maximum Gasteiger partial charge on any atom is 0.139 e. The summed E-state index contributed by atoms with van der Waals surface area (Å²) in [5, 5.41) is 13.6. The Hall–Kier alpha value is -0.260. The summed E-state index contributed by atoms with van der Waals surface area (Å²) >= 11 is 5.91. The van der Waals surface area contributed by atoms with Gasteiger partial charge in [-0.05, 0) is 30.9 Å². The average Bonchev–Trinajstić information content (AvgIpc) is 3.21. The first kappa shape index (κ1) is 18.8. The second-order valence-corrected chi connectivity index (χ2v) is 5.80. The number of hydrogen-bond donors (Lipinski definition) is 2. The Morgan fingerprint density at radius 3 is 2.43 bits per heavy atom. The minimum absolute atomic E-state index is 0. The molecule has 1 aromatic rings. The maximum absolute atomic E-state index is 13.6. The molecule has 1 aromatic carbocycles. The minimum atomic E-state index is -0.376. The van der Waals surface area contributed by atoms with Gasteiger partial charge in [-0.25, -0.2) is 4.39 Å². The summed E-state index contributed by atoms with van der Waals surface area (Å²) in [7, 11) is 0. The number of phenolic OH excluding ortho intramolecular Hbond substituents is 1. The van der Waals surface area contributed by atoms with Crippen molar-refractivity contribution < 1.29 is 9.50 Å². The highest BCUT2D eigenvalue weighted by Crippen LogP contribution is 2.48. The molecule has 120 valence electrons. The van der Waals surface area contributed by atoms with Gasteiger partial charge in [-0.3, -0.25) is 4.90 Å². The molecule has 1 heterocycles. The van der Waals surface area contributed by atoms with Crippen molar-refractivity contribution in [2.24, 2.45) is 5.92 Å². The maximum atomic E-state index is 13.6. The van der Waals surface area contributed by atoms with Crippen LogP contribution in [0.1, 0.15) is 24.4 Å². The third kappa shape index (κ3) is 4.14. The first-order valence-electron chi connectivity index (χ1n) is 6.79. The van der Waals surface area contributed by atoms with E-state index in [0.717, 1.165) is 39.0 Å². The molecule has 0 radical (unpaired) electrons. The van der Waals surface area contributed by atoms with Crippen LogP contribution >= 0.6 is 36.4 Å². The SMILES string of the molecule is Cl.Cl.Oc1c(Cl)cc(F)cc1[C@H](C1CC1)N1CCNCC1. The molecule has 1 atom stereocenters. The van der Waals surface area contributed by atoms with Gasteiger partial charge in [-0.2, -0.15) is 0 Å². The molecule has 1 saturated heterocycles. The van der Waals surface area contributed by atoms with E-state index in [0.29, 0.717) is 11.5 Å². The summed E-state index contributed by atoms with van der Waals surface area (Å²) in [5.74, 6) is 0.180. The van der Waals surface area contributed by atoms with Crippen molar-refractivity contribution in [3.8, 4) is 5.75 Å². The van der Waals surface area contributed by atoms with Gasteiger partial charge in [-0.15, -0.1) is 24.8 Å². The van der Waals surface area contributed by atoms with Crippen molar-refractivity contribution in [2.45, 2.75) is 18.9 Å². The molecule has 0 unspecified atom stereocenters. The van der Waals surface area contributed by atoms with Crippen molar-refractivity contribution in [1.29, 1.82) is 0 Å². The van der Waals surface area contributed by atoms with Crippen molar-refractivity contribution in [3.05, 3.63) is 28.5 Å². The van der Waals surface area contributed by atoms with Crippen LogP contribution in [0.4, 0.5) is 4.39 Å². The van der Waals surface area contributed by atoms with Gasteiger partial charge in [0.1, 0.15) is 11.6 Å². The lowest BCUT2D eigenvalue weighted by Crippen LogP contribution is -2.45. The number of aromatic hydroxyl groups is 1. The van der Waals surface area contributed by atoms with Crippen molar-refractivity contribution in [1.82, 2.24) is 10.2 Å².